The third-order valence-corrected chi connectivity index (χ3v) is 6.41. The predicted octanol–water partition coefficient (Wildman–Crippen LogP) is 4.02. The molecule has 1 aromatic rings. The first-order chi connectivity index (χ1) is 13.2. The molecule has 0 amide bonds. The molecule has 1 unspecified atom stereocenters. The third kappa shape index (κ3) is 8.78. The van der Waals surface area contributed by atoms with Crippen LogP contribution >= 0.6 is 24.0 Å². The predicted molar refractivity (Wildman–Crippen MR) is 129 cm³/mol. The summed E-state index contributed by atoms with van der Waals surface area (Å²) >= 11 is 0. The smallest absolute Gasteiger partial charge is 0.191 e. The van der Waals surface area contributed by atoms with Crippen LogP contribution < -0.4 is 10.6 Å². The summed E-state index contributed by atoms with van der Waals surface area (Å²) in [7, 11) is -2.98. The first-order valence-electron chi connectivity index (χ1n) is 10.2. The summed E-state index contributed by atoms with van der Waals surface area (Å²) in [6.45, 7) is 5.27. The Morgan fingerprint density at radius 3 is 2.55 bits per heavy atom. The summed E-state index contributed by atoms with van der Waals surface area (Å²) in [6.07, 6.45) is 7.25. The van der Waals surface area contributed by atoms with Crippen LogP contribution in [0.2, 0.25) is 0 Å². The normalized spacial score (nSPS) is 17.9. The Bertz CT molecular complexity index is 765. The van der Waals surface area contributed by atoms with E-state index in [1.54, 1.807) is 12.1 Å². The van der Waals surface area contributed by atoms with E-state index in [9.17, 15) is 12.8 Å². The molecular weight excluding hydrogens is 504 g/mol. The molecule has 1 aliphatic rings. The van der Waals surface area contributed by atoms with Crippen LogP contribution in [0, 0.1) is 5.82 Å². The minimum atomic E-state index is -2.98. The number of rotatable bonds is 8. The van der Waals surface area contributed by atoms with E-state index in [2.05, 4.69) is 10.6 Å². The van der Waals surface area contributed by atoms with E-state index >= 15 is 0 Å². The van der Waals surface area contributed by atoms with Crippen LogP contribution in [-0.2, 0) is 15.3 Å². The average Bonchev–Trinajstić information content (AvgIpc) is 2.65. The lowest BCUT2D eigenvalue weighted by Crippen LogP contribution is -2.44. The van der Waals surface area contributed by atoms with Crippen molar-refractivity contribution in [2.75, 3.05) is 25.1 Å². The highest BCUT2D eigenvalue weighted by atomic mass is 127. The van der Waals surface area contributed by atoms with Gasteiger partial charge < -0.3 is 10.6 Å². The fourth-order valence-electron chi connectivity index (χ4n) is 3.83. The Hall–Kier alpha value is -0.900. The van der Waals surface area contributed by atoms with Gasteiger partial charge in [0.05, 0.1) is 12.3 Å². The van der Waals surface area contributed by atoms with Gasteiger partial charge in [-0.1, -0.05) is 31.4 Å². The summed E-state index contributed by atoms with van der Waals surface area (Å²) in [6, 6.07) is 6.92. The van der Waals surface area contributed by atoms with Gasteiger partial charge in [-0.25, -0.2) is 12.8 Å². The third-order valence-electron chi connectivity index (χ3n) is 5.44. The molecule has 8 heteroatoms. The summed E-state index contributed by atoms with van der Waals surface area (Å²) < 4.78 is 36.7. The Labute approximate surface area is 192 Å². The molecule has 0 aliphatic heterocycles. The van der Waals surface area contributed by atoms with Gasteiger partial charge in [0, 0.05) is 24.3 Å². The van der Waals surface area contributed by atoms with Gasteiger partial charge in [-0.05, 0) is 50.8 Å². The molecular formula is C21H35FIN3O2S. The summed E-state index contributed by atoms with van der Waals surface area (Å²) in [5.74, 6) is 0.629. The van der Waals surface area contributed by atoms with Gasteiger partial charge in [0.15, 0.2) is 5.96 Å². The first-order valence-corrected chi connectivity index (χ1v) is 12.3. The maximum Gasteiger partial charge on any atom is 0.191 e. The van der Waals surface area contributed by atoms with Crippen LogP contribution in [0.4, 0.5) is 4.39 Å². The van der Waals surface area contributed by atoms with Crippen molar-refractivity contribution in [2.24, 2.45) is 4.99 Å². The number of nitrogens with zero attached hydrogens (tertiary/aromatic N) is 1. The van der Waals surface area contributed by atoms with Crippen molar-refractivity contribution in [3.05, 3.63) is 35.6 Å². The Morgan fingerprint density at radius 2 is 1.97 bits per heavy atom. The highest BCUT2D eigenvalue weighted by molar-refractivity contribution is 14.0. The molecule has 1 fully saturated rings. The minimum absolute atomic E-state index is 0. The highest BCUT2D eigenvalue weighted by Crippen LogP contribution is 2.40. The molecule has 0 spiro atoms. The lowest BCUT2D eigenvalue weighted by Gasteiger charge is -2.37. The van der Waals surface area contributed by atoms with Gasteiger partial charge >= 0.3 is 0 Å². The number of guanidine groups is 1. The van der Waals surface area contributed by atoms with Crippen molar-refractivity contribution >= 4 is 39.8 Å². The van der Waals surface area contributed by atoms with Gasteiger partial charge in [0.1, 0.15) is 15.7 Å². The van der Waals surface area contributed by atoms with Gasteiger partial charge in [0.25, 0.3) is 0 Å². The lowest BCUT2D eigenvalue weighted by atomic mass is 9.69. The van der Waals surface area contributed by atoms with Crippen molar-refractivity contribution in [3.8, 4) is 0 Å². The van der Waals surface area contributed by atoms with Gasteiger partial charge in [0.2, 0.25) is 0 Å². The molecule has 1 aliphatic carbocycles. The highest BCUT2D eigenvalue weighted by Gasteiger charge is 2.34. The zero-order valence-corrected chi connectivity index (χ0v) is 20.9. The van der Waals surface area contributed by atoms with Crippen LogP contribution in [0.25, 0.3) is 0 Å². The zero-order chi connectivity index (χ0) is 20.6. The van der Waals surface area contributed by atoms with Crippen molar-refractivity contribution in [1.29, 1.82) is 0 Å². The molecule has 29 heavy (non-hydrogen) atoms. The van der Waals surface area contributed by atoms with Gasteiger partial charge in [-0.2, -0.15) is 0 Å². The topological polar surface area (TPSA) is 70.6 Å². The number of aliphatic imine (C=N–C) groups is 1. The second-order valence-corrected chi connectivity index (χ2v) is 10.3. The number of sulfone groups is 1. The molecule has 0 aromatic heterocycles. The van der Waals surface area contributed by atoms with Crippen molar-refractivity contribution in [2.45, 2.75) is 63.8 Å². The Balaban J connectivity index is 0.00000420. The number of benzene rings is 1. The molecule has 5 nitrogen and oxygen atoms in total. The van der Waals surface area contributed by atoms with E-state index in [-0.39, 0.29) is 47.0 Å². The van der Waals surface area contributed by atoms with Crippen molar-refractivity contribution in [1.82, 2.24) is 10.6 Å². The molecule has 1 atom stereocenters. The van der Waals surface area contributed by atoms with Crippen molar-refractivity contribution < 1.29 is 12.8 Å². The summed E-state index contributed by atoms with van der Waals surface area (Å²) in [4.78, 5) is 4.82. The van der Waals surface area contributed by atoms with Gasteiger partial charge in [-0.3, -0.25) is 4.99 Å². The Kier molecular flexibility index (Phi) is 10.9. The van der Waals surface area contributed by atoms with E-state index in [4.69, 9.17) is 4.99 Å². The van der Waals surface area contributed by atoms with E-state index in [1.807, 2.05) is 19.9 Å². The standard InChI is InChI=1S/C21H34FN3O2S.HI/c1-4-23-20(25-17(2)11-14-28(3,26)27)24-16-21(12-6-5-7-13-21)18-9-8-10-19(22)15-18;/h8-10,15,17H,4-7,11-14,16H2,1-3H3,(H2,23,24,25);1H. The van der Waals surface area contributed by atoms with Crippen LogP contribution in [0.15, 0.2) is 29.3 Å². The fraction of sp³-hybridized carbons (Fsp3) is 0.667. The molecule has 166 valence electrons. The molecule has 0 bridgehead atoms. The van der Waals surface area contributed by atoms with Crippen molar-refractivity contribution in [3.63, 3.8) is 0 Å². The largest absolute Gasteiger partial charge is 0.357 e. The summed E-state index contributed by atoms with van der Waals surface area (Å²) in [5.41, 5.74) is 0.885. The Morgan fingerprint density at radius 1 is 1.28 bits per heavy atom. The zero-order valence-electron chi connectivity index (χ0n) is 17.7. The second kappa shape index (κ2) is 12.1. The van der Waals surface area contributed by atoms with Crippen LogP contribution in [-0.4, -0.2) is 45.5 Å². The monoisotopic (exact) mass is 539 g/mol. The summed E-state index contributed by atoms with van der Waals surface area (Å²) in [5, 5.41) is 6.56. The van der Waals surface area contributed by atoms with Crippen LogP contribution in [0.1, 0.15) is 57.9 Å². The first kappa shape index (κ1) is 26.1. The molecule has 0 saturated heterocycles. The second-order valence-electron chi connectivity index (χ2n) is 8.01. The molecule has 0 radical (unpaired) electrons. The van der Waals surface area contributed by atoms with Crippen LogP contribution in [0.5, 0.6) is 0 Å². The quantitative estimate of drug-likeness (QED) is 0.298. The molecule has 2 N–H and O–H groups in total. The fourth-order valence-corrected chi connectivity index (χ4v) is 4.61. The average molecular weight is 539 g/mol. The molecule has 2 rings (SSSR count). The van der Waals surface area contributed by atoms with E-state index in [0.717, 1.165) is 37.8 Å². The minimum Gasteiger partial charge on any atom is -0.357 e. The maximum absolute atomic E-state index is 13.9. The lowest BCUT2D eigenvalue weighted by molar-refractivity contribution is 0.300. The number of hydrogen-bond donors (Lipinski definition) is 2. The SMILES string of the molecule is CCNC(=NCC1(c2cccc(F)c2)CCCCC1)NC(C)CCS(C)(=O)=O.I. The van der Waals surface area contributed by atoms with Crippen LogP contribution in [0.3, 0.4) is 0 Å². The van der Waals surface area contributed by atoms with E-state index in [0.29, 0.717) is 18.9 Å². The van der Waals surface area contributed by atoms with Gasteiger partial charge in [-0.15, -0.1) is 24.0 Å². The molecule has 1 saturated carbocycles. The number of hydrogen-bond acceptors (Lipinski definition) is 3. The number of halogens is 2. The molecule has 1 aromatic carbocycles. The molecule has 0 heterocycles. The number of nitrogens with one attached hydrogen (secondary N) is 2. The maximum atomic E-state index is 13.9. The van der Waals surface area contributed by atoms with E-state index in [1.165, 1.54) is 18.7 Å². The van der Waals surface area contributed by atoms with E-state index < -0.39 is 9.84 Å².